The van der Waals surface area contributed by atoms with Gasteiger partial charge in [-0.25, -0.2) is 14.6 Å². The van der Waals surface area contributed by atoms with Crippen molar-refractivity contribution in [2.75, 3.05) is 16.8 Å². The van der Waals surface area contributed by atoms with Gasteiger partial charge in [0.1, 0.15) is 28.4 Å². The Morgan fingerprint density at radius 3 is 2.37 bits per heavy atom. The van der Waals surface area contributed by atoms with Crippen LogP contribution in [0.2, 0.25) is 0 Å². The van der Waals surface area contributed by atoms with Gasteiger partial charge in [0.25, 0.3) is 0 Å². The van der Waals surface area contributed by atoms with Crippen molar-refractivity contribution in [2.45, 2.75) is 110 Å². The number of nitrogens with zero attached hydrogens (tertiary/aromatic N) is 4. The third-order valence-electron chi connectivity index (χ3n) is 6.61. The zero-order valence-electron chi connectivity index (χ0n) is 23.5. The Morgan fingerprint density at radius 2 is 1.76 bits per heavy atom. The molecule has 2 aliphatic rings. The molecular weight excluding hydrogens is 554 g/mol. The number of aromatic nitrogens is 3. The Balaban J connectivity index is 1.58. The number of hydrogen-bond donors (Lipinski definition) is 1. The van der Waals surface area contributed by atoms with Crippen molar-refractivity contribution < 1.29 is 23.8 Å². The first-order chi connectivity index (χ1) is 17.6. The summed E-state index contributed by atoms with van der Waals surface area (Å²) in [6.07, 6.45) is 6.29. The van der Waals surface area contributed by atoms with Crippen LogP contribution in [0.1, 0.15) is 87.0 Å². The molecule has 0 aromatic carbocycles. The largest absolute Gasteiger partial charge is 0.509 e. The average molecular weight is 595 g/mol. The van der Waals surface area contributed by atoms with Gasteiger partial charge in [-0.2, -0.15) is 9.61 Å². The highest BCUT2D eigenvalue weighted by Gasteiger charge is 2.46. The first-order valence-corrected chi connectivity index (χ1v) is 14.1. The van der Waals surface area contributed by atoms with Crippen LogP contribution in [0.4, 0.5) is 21.2 Å². The second-order valence-electron chi connectivity index (χ2n) is 12.7. The van der Waals surface area contributed by atoms with Crippen LogP contribution < -0.4 is 10.2 Å². The number of nitrogens with one attached hydrogen (secondary N) is 1. The summed E-state index contributed by atoms with van der Waals surface area (Å²) in [7, 11) is 0. The molecule has 2 aromatic heterocycles. The minimum absolute atomic E-state index is 0.0865. The van der Waals surface area contributed by atoms with E-state index in [4.69, 9.17) is 19.2 Å². The first-order valence-electron chi connectivity index (χ1n) is 13.3. The van der Waals surface area contributed by atoms with Gasteiger partial charge in [0.15, 0.2) is 5.65 Å². The number of fused-ring (bicyclic) bond motifs is 1. The highest BCUT2D eigenvalue weighted by molar-refractivity contribution is 9.10. The van der Waals surface area contributed by atoms with E-state index in [0.29, 0.717) is 42.7 Å². The maximum atomic E-state index is 13.5. The molecule has 4 rings (SSSR count). The van der Waals surface area contributed by atoms with Crippen LogP contribution in [0, 0.1) is 5.92 Å². The number of anilines is 2. The van der Waals surface area contributed by atoms with Crippen molar-refractivity contribution in [2.24, 2.45) is 5.92 Å². The van der Waals surface area contributed by atoms with Crippen LogP contribution in [-0.4, -0.2) is 56.2 Å². The Labute approximate surface area is 232 Å². The van der Waals surface area contributed by atoms with E-state index in [1.165, 1.54) is 12.8 Å². The number of ether oxygens (including phenoxy) is 3. The van der Waals surface area contributed by atoms with E-state index in [1.54, 1.807) is 36.4 Å². The van der Waals surface area contributed by atoms with E-state index in [0.717, 1.165) is 17.3 Å². The molecule has 0 atom stereocenters. The lowest BCUT2D eigenvalue weighted by atomic mass is 9.71. The van der Waals surface area contributed by atoms with Crippen LogP contribution in [0.15, 0.2) is 16.7 Å². The van der Waals surface area contributed by atoms with Crippen LogP contribution in [0.5, 0.6) is 0 Å². The third-order valence-corrected chi connectivity index (χ3v) is 7.17. The number of hydrogen-bond acceptors (Lipinski definition) is 8. The Kier molecular flexibility index (Phi) is 7.89. The summed E-state index contributed by atoms with van der Waals surface area (Å²) in [6, 6.07) is 2.22. The van der Waals surface area contributed by atoms with Crippen molar-refractivity contribution in [1.82, 2.24) is 14.6 Å². The number of carbonyl (C=O) groups excluding carboxylic acids is 2. The molecule has 0 unspecified atom stereocenters. The van der Waals surface area contributed by atoms with Gasteiger partial charge >= 0.3 is 12.2 Å². The molecule has 10 nitrogen and oxygen atoms in total. The normalized spacial score (nSPS) is 22.2. The summed E-state index contributed by atoms with van der Waals surface area (Å²) in [5.74, 6) is 1.35. The molecule has 11 heteroatoms. The molecule has 0 spiro atoms. The molecule has 38 heavy (non-hydrogen) atoms. The van der Waals surface area contributed by atoms with Crippen LogP contribution in [-0.2, 0) is 14.2 Å². The van der Waals surface area contributed by atoms with Crippen LogP contribution in [0.25, 0.3) is 5.65 Å². The van der Waals surface area contributed by atoms with E-state index < -0.39 is 29.1 Å². The number of amides is 1. The second-order valence-corrected chi connectivity index (χ2v) is 13.6. The lowest BCUT2D eigenvalue weighted by molar-refractivity contribution is -0.109. The molecule has 1 N–H and O–H groups in total. The molecule has 0 aliphatic heterocycles. The van der Waals surface area contributed by atoms with E-state index in [-0.39, 0.29) is 5.92 Å². The summed E-state index contributed by atoms with van der Waals surface area (Å²) in [4.78, 5) is 32.2. The molecule has 2 aliphatic carbocycles. The highest BCUT2D eigenvalue weighted by atomic mass is 79.9. The van der Waals surface area contributed by atoms with Crippen molar-refractivity contribution in [3.05, 3.63) is 16.7 Å². The van der Waals surface area contributed by atoms with Gasteiger partial charge in [-0.3, -0.25) is 4.90 Å². The number of rotatable bonds is 6. The van der Waals surface area contributed by atoms with Gasteiger partial charge in [-0.15, -0.1) is 0 Å². The number of carbonyl (C=O) groups is 2. The molecule has 2 fully saturated rings. The van der Waals surface area contributed by atoms with E-state index in [2.05, 4.69) is 26.3 Å². The Morgan fingerprint density at radius 1 is 1.13 bits per heavy atom. The molecule has 2 aromatic rings. The monoisotopic (exact) mass is 593 g/mol. The zero-order chi connectivity index (χ0) is 27.9. The second kappa shape index (κ2) is 10.5. The fourth-order valence-electron chi connectivity index (χ4n) is 5.15. The lowest BCUT2D eigenvalue weighted by Gasteiger charge is -2.45. The quantitative estimate of drug-likeness (QED) is 0.368. The van der Waals surface area contributed by atoms with Crippen molar-refractivity contribution in [1.29, 1.82) is 0 Å². The van der Waals surface area contributed by atoms with Gasteiger partial charge in [0.2, 0.25) is 0 Å². The molecule has 210 valence electrons. The van der Waals surface area contributed by atoms with Crippen LogP contribution >= 0.6 is 15.9 Å². The minimum Gasteiger partial charge on any atom is -0.443 e. The van der Waals surface area contributed by atoms with Crippen molar-refractivity contribution in [3.8, 4) is 0 Å². The minimum atomic E-state index is -0.678. The molecule has 0 bridgehead atoms. The highest BCUT2D eigenvalue weighted by Crippen LogP contribution is 2.42. The van der Waals surface area contributed by atoms with Crippen LogP contribution in [0.3, 0.4) is 0 Å². The summed E-state index contributed by atoms with van der Waals surface area (Å²) in [5, 5.41) is 8.03. The number of halogens is 1. The average Bonchev–Trinajstić information content (AvgIpc) is 3.37. The van der Waals surface area contributed by atoms with E-state index in [9.17, 15) is 9.59 Å². The molecule has 0 saturated heterocycles. The van der Waals surface area contributed by atoms with E-state index >= 15 is 0 Å². The van der Waals surface area contributed by atoms with Gasteiger partial charge in [-0.05, 0) is 96.0 Å². The van der Waals surface area contributed by atoms with Gasteiger partial charge in [0, 0.05) is 18.7 Å². The van der Waals surface area contributed by atoms with Gasteiger partial charge in [-0.1, -0.05) is 12.8 Å². The Hall–Kier alpha value is -2.56. The molecule has 2 heterocycles. The van der Waals surface area contributed by atoms with E-state index in [1.807, 2.05) is 33.8 Å². The molecule has 0 radical (unpaired) electrons. The SMILES string of the molecule is CC(C)(C)OC(=O)O[C@]1(C)C[C@H](CN(C(=O)OC(C)(C)C)c2cc(NC3CCCC3)nc3c(Br)cnn23)C1. The smallest absolute Gasteiger partial charge is 0.443 e. The van der Waals surface area contributed by atoms with Gasteiger partial charge in [0.05, 0.1) is 10.7 Å². The Bertz CT molecular complexity index is 1170. The maximum absolute atomic E-state index is 13.5. The maximum Gasteiger partial charge on any atom is 0.509 e. The summed E-state index contributed by atoms with van der Waals surface area (Å²) in [6.45, 7) is 13.2. The first kappa shape index (κ1) is 28.4. The fourth-order valence-corrected chi connectivity index (χ4v) is 5.50. The lowest BCUT2D eigenvalue weighted by Crippen LogP contribution is -2.51. The molecule has 1 amide bonds. The fraction of sp³-hybridized carbons (Fsp3) is 0.704. The van der Waals surface area contributed by atoms with Crippen molar-refractivity contribution >= 4 is 45.5 Å². The summed E-state index contributed by atoms with van der Waals surface area (Å²) >= 11 is 3.55. The third kappa shape index (κ3) is 7.09. The predicted octanol–water partition coefficient (Wildman–Crippen LogP) is 6.71. The predicted molar refractivity (Wildman–Crippen MR) is 149 cm³/mol. The molecular formula is C27H40BrN5O5. The molecule has 2 saturated carbocycles. The topological polar surface area (TPSA) is 107 Å². The summed E-state index contributed by atoms with van der Waals surface area (Å²) < 4.78 is 19.2. The van der Waals surface area contributed by atoms with Crippen molar-refractivity contribution in [3.63, 3.8) is 0 Å². The summed E-state index contributed by atoms with van der Waals surface area (Å²) in [5.41, 5.74) is -1.34. The standard InChI is InChI=1S/C27H40BrN5O5/c1-25(2,3)36-23(34)32(16-17-13-27(7,14-17)38-24(35)37-26(4,5)6)21-12-20(30-18-10-8-9-11-18)31-22-19(28)15-29-33(21)22/h12,15,17-18H,8-11,13-14,16H2,1-7H3,(H,30,31)/t17-,27+. The van der Waals surface area contributed by atoms with Gasteiger partial charge < -0.3 is 19.5 Å². The zero-order valence-corrected chi connectivity index (χ0v) is 25.1.